The van der Waals surface area contributed by atoms with Crippen LogP contribution in [0.3, 0.4) is 0 Å². The van der Waals surface area contributed by atoms with Crippen LogP contribution in [-0.4, -0.2) is 38.3 Å². The molecule has 1 amide bonds. The van der Waals surface area contributed by atoms with Crippen molar-refractivity contribution in [1.29, 1.82) is 0 Å². The lowest BCUT2D eigenvalue weighted by Gasteiger charge is -2.26. The van der Waals surface area contributed by atoms with Gasteiger partial charge in [0.2, 0.25) is 5.91 Å². The molecule has 1 heterocycles. The van der Waals surface area contributed by atoms with E-state index in [1.54, 1.807) is 0 Å². The predicted molar refractivity (Wildman–Crippen MR) is 64.8 cm³/mol. The maximum absolute atomic E-state index is 11.4. The van der Waals surface area contributed by atoms with Gasteiger partial charge in [0.05, 0.1) is 12.7 Å². The van der Waals surface area contributed by atoms with Gasteiger partial charge >= 0.3 is 0 Å². The van der Waals surface area contributed by atoms with Gasteiger partial charge < -0.3 is 15.4 Å². The lowest BCUT2D eigenvalue weighted by atomic mass is 10.1. The van der Waals surface area contributed by atoms with E-state index in [1.165, 1.54) is 12.8 Å². The Morgan fingerprint density at radius 2 is 2.19 bits per heavy atom. The summed E-state index contributed by atoms with van der Waals surface area (Å²) in [5.74, 6) is 0.121. The molecule has 0 atom stereocenters. The summed E-state index contributed by atoms with van der Waals surface area (Å²) >= 11 is 0. The van der Waals surface area contributed by atoms with Crippen molar-refractivity contribution in [1.82, 2.24) is 10.6 Å². The van der Waals surface area contributed by atoms with Crippen molar-refractivity contribution in [3.05, 3.63) is 0 Å². The molecule has 2 fully saturated rings. The Morgan fingerprint density at radius 3 is 2.69 bits per heavy atom. The van der Waals surface area contributed by atoms with E-state index in [2.05, 4.69) is 17.6 Å². The minimum absolute atomic E-state index is 0. The predicted octanol–water partition coefficient (Wildman–Crippen LogP) is 0.703. The van der Waals surface area contributed by atoms with Gasteiger partial charge in [0, 0.05) is 26.1 Å². The summed E-state index contributed by atoms with van der Waals surface area (Å²) in [6, 6.07) is 0. The van der Waals surface area contributed by atoms with Gasteiger partial charge in [-0.25, -0.2) is 0 Å². The Hall–Kier alpha value is -0.320. The molecule has 4 nitrogen and oxygen atoms in total. The quantitative estimate of drug-likeness (QED) is 0.728. The van der Waals surface area contributed by atoms with Crippen molar-refractivity contribution in [3.8, 4) is 0 Å². The van der Waals surface area contributed by atoms with Gasteiger partial charge in [-0.1, -0.05) is 6.92 Å². The van der Waals surface area contributed by atoms with Crippen LogP contribution in [0.5, 0.6) is 0 Å². The van der Waals surface area contributed by atoms with Crippen LogP contribution >= 0.6 is 12.4 Å². The highest BCUT2D eigenvalue weighted by Gasteiger charge is 2.37. The van der Waals surface area contributed by atoms with E-state index in [0.717, 1.165) is 19.6 Å². The van der Waals surface area contributed by atoms with Crippen LogP contribution in [0.15, 0.2) is 0 Å². The summed E-state index contributed by atoms with van der Waals surface area (Å²) in [6.45, 7) is 5.45. The largest absolute Gasteiger partial charge is 0.375 e. The molecule has 1 saturated heterocycles. The molecule has 1 aliphatic heterocycles. The second-order valence-electron chi connectivity index (χ2n) is 4.99. The van der Waals surface area contributed by atoms with Crippen molar-refractivity contribution in [2.45, 2.75) is 32.3 Å². The molecule has 2 rings (SSSR count). The number of halogens is 1. The zero-order chi connectivity index (χ0) is 10.7. The number of amides is 1. The lowest BCUT2D eigenvalue weighted by Crippen LogP contribution is -2.48. The van der Waals surface area contributed by atoms with E-state index in [0.29, 0.717) is 24.5 Å². The van der Waals surface area contributed by atoms with Gasteiger partial charge in [-0.2, -0.15) is 0 Å². The smallest absolute Gasteiger partial charge is 0.222 e. The normalized spacial score (nSPS) is 21.8. The minimum atomic E-state index is 0. The van der Waals surface area contributed by atoms with Crippen molar-refractivity contribution in [2.75, 3.05) is 26.2 Å². The van der Waals surface area contributed by atoms with Crippen LogP contribution in [0.2, 0.25) is 0 Å². The number of carbonyl (C=O) groups is 1. The van der Waals surface area contributed by atoms with Crippen molar-refractivity contribution in [3.63, 3.8) is 0 Å². The van der Waals surface area contributed by atoms with Gasteiger partial charge in [-0.3, -0.25) is 4.79 Å². The number of ether oxygens (including phenoxy) is 1. The molecule has 5 heteroatoms. The molecule has 0 bridgehead atoms. The standard InChI is InChI=1S/C11H20N2O2.ClH/c1-11(3-4-11)8-13-10(14)2-5-15-9-6-12-7-9;/h9,12H,2-8H2,1H3,(H,13,14);1H. The molecule has 0 aromatic rings. The Kier molecular flexibility index (Phi) is 5.02. The Balaban J connectivity index is 0.00000128. The van der Waals surface area contributed by atoms with Crippen LogP contribution in [0, 0.1) is 5.41 Å². The monoisotopic (exact) mass is 248 g/mol. The fraction of sp³-hybridized carbons (Fsp3) is 0.909. The summed E-state index contributed by atoms with van der Waals surface area (Å²) < 4.78 is 5.47. The number of nitrogens with one attached hydrogen (secondary N) is 2. The topological polar surface area (TPSA) is 50.4 Å². The molecule has 94 valence electrons. The first kappa shape index (κ1) is 13.7. The highest BCUT2D eigenvalue weighted by atomic mass is 35.5. The number of rotatable bonds is 6. The summed E-state index contributed by atoms with van der Waals surface area (Å²) in [6.07, 6.45) is 3.32. The second kappa shape index (κ2) is 5.84. The molecule has 0 aromatic carbocycles. The zero-order valence-electron chi connectivity index (χ0n) is 9.75. The summed E-state index contributed by atoms with van der Waals surface area (Å²) in [5, 5.41) is 6.09. The molecule has 0 unspecified atom stereocenters. The molecule has 1 aliphatic carbocycles. The van der Waals surface area contributed by atoms with Crippen molar-refractivity contribution < 1.29 is 9.53 Å². The first-order valence-electron chi connectivity index (χ1n) is 5.77. The third-order valence-electron chi connectivity index (χ3n) is 3.24. The van der Waals surface area contributed by atoms with Crippen molar-refractivity contribution in [2.24, 2.45) is 5.41 Å². The van der Waals surface area contributed by atoms with Gasteiger partial charge in [0.25, 0.3) is 0 Å². The van der Waals surface area contributed by atoms with E-state index in [-0.39, 0.29) is 18.3 Å². The summed E-state index contributed by atoms with van der Waals surface area (Å²) in [5.41, 5.74) is 0.397. The van der Waals surface area contributed by atoms with Crippen molar-refractivity contribution >= 4 is 18.3 Å². The molecule has 2 aliphatic rings. The highest BCUT2D eigenvalue weighted by Crippen LogP contribution is 2.43. The fourth-order valence-corrected chi connectivity index (χ4v) is 1.49. The van der Waals surface area contributed by atoms with Crippen LogP contribution in [0.1, 0.15) is 26.2 Å². The Bertz CT molecular complexity index is 240. The number of carbonyl (C=O) groups excluding carboxylic acids is 1. The van der Waals surface area contributed by atoms with E-state index in [9.17, 15) is 4.79 Å². The number of hydrogen-bond donors (Lipinski definition) is 2. The third-order valence-corrected chi connectivity index (χ3v) is 3.24. The van der Waals surface area contributed by atoms with Crippen LogP contribution in [0.4, 0.5) is 0 Å². The molecule has 0 aromatic heterocycles. The van der Waals surface area contributed by atoms with Crippen LogP contribution in [-0.2, 0) is 9.53 Å². The molecule has 16 heavy (non-hydrogen) atoms. The van der Waals surface area contributed by atoms with E-state index < -0.39 is 0 Å². The van der Waals surface area contributed by atoms with Gasteiger partial charge in [0.15, 0.2) is 0 Å². The van der Waals surface area contributed by atoms with E-state index in [4.69, 9.17) is 4.74 Å². The van der Waals surface area contributed by atoms with Crippen LogP contribution in [0.25, 0.3) is 0 Å². The summed E-state index contributed by atoms with van der Waals surface area (Å²) in [4.78, 5) is 11.4. The first-order valence-corrected chi connectivity index (χ1v) is 5.77. The molecule has 2 N–H and O–H groups in total. The molecule has 1 saturated carbocycles. The lowest BCUT2D eigenvalue weighted by molar-refractivity contribution is -0.123. The van der Waals surface area contributed by atoms with Gasteiger partial charge in [0.1, 0.15) is 0 Å². The molecular weight excluding hydrogens is 228 g/mol. The highest BCUT2D eigenvalue weighted by molar-refractivity contribution is 5.85. The maximum Gasteiger partial charge on any atom is 0.222 e. The molecular formula is C11H21ClN2O2. The molecule has 0 spiro atoms. The van der Waals surface area contributed by atoms with Crippen LogP contribution < -0.4 is 10.6 Å². The number of hydrogen-bond acceptors (Lipinski definition) is 3. The Labute approximate surface area is 103 Å². The minimum Gasteiger partial charge on any atom is -0.375 e. The zero-order valence-corrected chi connectivity index (χ0v) is 10.6. The fourth-order valence-electron chi connectivity index (χ4n) is 1.49. The average molecular weight is 249 g/mol. The van der Waals surface area contributed by atoms with Gasteiger partial charge in [-0.15, -0.1) is 12.4 Å². The third kappa shape index (κ3) is 4.28. The van der Waals surface area contributed by atoms with E-state index in [1.807, 2.05) is 0 Å². The maximum atomic E-state index is 11.4. The van der Waals surface area contributed by atoms with Gasteiger partial charge in [-0.05, 0) is 18.3 Å². The summed E-state index contributed by atoms with van der Waals surface area (Å²) in [7, 11) is 0. The SMILES string of the molecule is CC1(CNC(=O)CCOC2CNC2)CC1.Cl. The van der Waals surface area contributed by atoms with E-state index >= 15 is 0 Å². The first-order chi connectivity index (χ1) is 7.18. The average Bonchev–Trinajstić information content (AvgIpc) is 2.86. The second-order valence-corrected chi connectivity index (χ2v) is 4.99. The molecule has 0 radical (unpaired) electrons. The Morgan fingerprint density at radius 1 is 1.50 bits per heavy atom.